The molecule has 7 heteroatoms. The van der Waals surface area contributed by atoms with Crippen LogP contribution in [0.5, 0.6) is 5.75 Å². The van der Waals surface area contributed by atoms with Crippen LogP contribution >= 0.6 is 0 Å². The van der Waals surface area contributed by atoms with Gasteiger partial charge in [0, 0.05) is 30.6 Å². The summed E-state index contributed by atoms with van der Waals surface area (Å²) < 4.78 is 49.6. The van der Waals surface area contributed by atoms with Crippen LogP contribution in [0.25, 0.3) is 33.9 Å². The minimum atomic E-state index is -0.958. The lowest BCUT2D eigenvalue weighted by Crippen LogP contribution is -2.08. The van der Waals surface area contributed by atoms with Crippen molar-refractivity contribution in [2.24, 2.45) is 5.92 Å². The van der Waals surface area contributed by atoms with Crippen LogP contribution in [-0.4, -0.2) is 21.1 Å². The normalized spacial score (nSPS) is 12.1. The van der Waals surface area contributed by atoms with Gasteiger partial charge in [0.1, 0.15) is 17.3 Å². The molecule has 0 amide bonds. The zero-order valence-electron chi connectivity index (χ0n) is 20.6. The quantitative estimate of drug-likeness (QED) is 0.220. The van der Waals surface area contributed by atoms with Crippen molar-refractivity contribution in [2.75, 3.05) is 6.61 Å². The molecule has 2 aliphatic heterocycles. The van der Waals surface area contributed by atoms with E-state index in [0.717, 1.165) is 29.2 Å². The molecule has 0 saturated heterocycles. The summed E-state index contributed by atoms with van der Waals surface area (Å²) in [6, 6.07) is 18.4. The first-order valence-electron chi connectivity index (χ1n) is 12.2. The number of hydrogen-bond acceptors (Lipinski definition) is 3. The summed E-state index contributed by atoms with van der Waals surface area (Å²) >= 11 is 0. The Labute approximate surface area is 213 Å². The van der Waals surface area contributed by atoms with Crippen LogP contribution in [0.3, 0.4) is 0 Å². The fraction of sp³-hybridized carbons (Fsp3) is 0.200. The maximum absolute atomic E-state index is 14.2. The number of nitrogens with zero attached hydrogens (tertiary/aromatic N) is 3. The molecule has 1 atom stereocenters. The van der Waals surface area contributed by atoms with Crippen LogP contribution in [0.1, 0.15) is 25.8 Å². The summed E-state index contributed by atoms with van der Waals surface area (Å²) in [6.07, 6.45) is 4.69. The molecule has 0 bridgehead atoms. The molecule has 1 unspecified atom stereocenters. The summed E-state index contributed by atoms with van der Waals surface area (Å²) in [5.41, 5.74) is 4.06. The third kappa shape index (κ3) is 5.35. The van der Waals surface area contributed by atoms with Crippen molar-refractivity contribution in [1.29, 1.82) is 0 Å². The average Bonchev–Trinajstić information content (AvgIpc) is 3.32. The summed E-state index contributed by atoms with van der Waals surface area (Å²) in [7, 11) is 0. The van der Waals surface area contributed by atoms with E-state index in [0.29, 0.717) is 36.2 Å². The number of halogens is 3. The van der Waals surface area contributed by atoms with Crippen LogP contribution in [0.2, 0.25) is 0 Å². The Kier molecular flexibility index (Phi) is 6.95. The molecule has 0 aromatic heterocycles. The van der Waals surface area contributed by atoms with Crippen LogP contribution in [0, 0.1) is 23.4 Å². The molecule has 0 spiro atoms. The van der Waals surface area contributed by atoms with Gasteiger partial charge in [-0.3, -0.25) is 0 Å². The van der Waals surface area contributed by atoms with E-state index in [1.165, 1.54) is 24.3 Å². The Balaban J connectivity index is 1.35. The number of rotatable bonds is 8. The van der Waals surface area contributed by atoms with Crippen LogP contribution in [0.15, 0.2) is 79.1 Å². The van der Waals surface area contributed by atoms with Gasteiger partial charge in [-0.25, -0.2) is 23.1 Å². The second-order valence-corrected chi connectivity index (χ2v) is 9.20. The number of aromatic nitrogens is 3. The van der Waals surface area contributed by atoms with Crippen molar-refractivity contribution >= 4 is 0 Å². The standard InChI is InChI=1S/C30H26F3N3O/c1-3-19(2)18-37-28-15-22(31)11-12-23(28)21-9-7-20(8-10-21)16-36-14-13-26-27(17-36)35-30(34-26)24-5-4-6-25(32)29(24)33/h4-15,17,19H,3,16,18H2,1-2H3. The Morgan fingerprint density at radius 1 is 0.892 bits per heavy atom. The van der Waals surface area contributed by atoms with Crippen molar-refractivity contribution in [3.05, 3.63) is 102 Å². The largest absolute Gasteiger partial charge is 0.493 e. The number of benzene rings is 3. The molecule has 0 aliphatic carbocycles. The molecule has 2 heterocycles. The lowest BCUT2D eigenvalue weighted by Gasteiger charge is -2.15. The third-order valence-corrected chi connectivity index (χ3v) is 6.41. The molecule has 0 saturated carbocycles. The molecular formula is C30H26F3N3O. The molecule has 3 aromatic carbocycles. The van der Waals surface area contributed by atoms with Gasteiger partial charge in [-0.05, 0) is 47.4 Å². The number of pyridine rings is 1. The van der Waals surface area contributed by atoms with Crippen LogP contribution in [-0.2, 0) is 6.54 Å². The van der Waals surface area contributed by atoms with Crippen molar-refractivity contribution in [3.63, 3.8) is 0 Å². The Bertz CT molecular complexity index is 1500. The molecule has 5 rings (SSSR count). The predicted octanol–water partition coefficient (Wildman–Crippen LogP) is 7.61. The van der Waals surface area contributed by atoms with Crippen molar-refractivity contribution in [1.82, 2.24) is 14.5 Å². The Morgan fingerprint density at radius 3 is 2.46 bits per heavy atom. The first-order valence-corrected chi connectivity index (χ1v) is 12.2. The van der Waals surface area contributed by atoms with E-state index in [2.05, 4.69) is 23.8 Å². The first-order chi connectivity index (χ1) is 17.9. The van der Waals surface area contributed by atoms with Gasteiger partial charge in [-0.15, -0.1) is 0 Å². The molecule has 188 valence electrons. The predicted molar refractivity (Wildman–Crippen MR) is 138 cm³/mol. The maximum atomic E-state index is 14.2. The third-order valence-electron chi connectivity index (χ3n) is 6.41. The highest BCUT2D eigenvalue weighted by atomic mass is 19.2. The lowest BCUT2D eigenvalue weighted by atomic mass is 10.0. The summed E-state index contributed by atoms with van der Waals surface area (Å²) in [5.74, 6) is -1.15. The smallest absolute Gasteiger partial charge is 0.169 e. The Morgan fingerprint density at radius 2 is 1.68 bits per heavy atom. The van der Waals surface area contributed by atoms with E-state index < -0.39 is 11.6 Å². The molecule has 2 aliphatic rings. The molecule has 0 radical (unpaired) electrons. The summed E-state index contributed by atoms with van der Waals surface area (Å²) in [6.45, 7) is 5.31. The first kappa shape index (κ1) is 24.6. The van der Waals surface area contributed by atoms with E-state index in [-0.39, 0.29) is 17.2 Å². The molecule has 4 nitrogen and oxygen atoms in total. The number of ether oxygens (including phenoxy) is 1. The molecule has 0 N–H and O–H groups in total. The number of fused-ring (bicyclic) bond motifs is 1. The maximum Gasteiger partial charge on any atom is 0.169 e. The van der Waals surface area contributed by atoms with E-state index >= 15 is 0 Å². The van der Waals surface area contributed by atoms with E-state index in [1.807, 2.05) is 41.2 Å². The SMILES string of the molecule is CCC(C)COc1cc(F)ccc1-c1ccc(Cn2ccc3nc(-c4cccc(F)c4F)nc-3c2)cc1. The van der Waals surface area contributed by atoms with Gasteiger partial charge in [0.25, 0.3) is 0 Å². The van der Waals surface area contributed by atoms with Crippen LogP contribution in [0.4, 0.5) is 13.2 Å². The second-order valence-electron chi connectivity index (χ2n) is 9.20. The van der Waals surface area contributed by atoms with Gasteiger partial charge >= 0.3 is 0 Å². The lowest BCUT2D eigenvalue weighted by molar-refractivity contribution is 0.256. The number of imidazole rings is 1. The fourth-order valence-corrected chi connectivity index (χ4v) is 4.05. The topological polar surface area (TPSA) is 39.9 Å². The van der Waals surface area contributed by atoms with Gasteiger partial charge in [0.2, 0.25) is 0 Å². The average molecular weight is 502 g/mol. The summed E-state index contributed by atoms with van der Waals surface area (Å²) in [5, 5.41) is 0. The summed E-state index contributed by atoms with van der Waals surface area (Å²) in [4.78, 5) is 8.76. The Hall–Kier alpha value is -4.13. The molecule has 0 fully saturated rings. The van der Waals surface area contributed by atoms with Crippen LogP contribution < -0.4 is 4.74 Å². The van der Waals surface area contributed by atoms with E-state index in [4.69, 9.17) is 4.74 Å². The minimum Gasteiger partial charge on any atom is -0.493 e. The molecular weight excluding hydrogens is 475 g/mol. The fourth-order valence-electron chi connectivity index (χ4n) is 4.05. The van der Waals surface area contributed by atoms with Gasteiger partial charge in [-0.2, -0.15) is 0 Å². The minimum absolute atomic E-state index is 0.0339. The molecule has 37 heavy (non-hydrogen) atoms. The van der Waals surface area contributed by atoms with Gasteiger partial charge < -0.3 is 9.30 Å². The van der Waals surface area contributed by atoms with Crippen molar-refractivity contribution in [3.8, 4) is 39.7 Å². The molecule has 3 aromatic rings. The zero-order valence-corrected chi connectivity index (χ0v) is 20.6. The van der Waals surface area contributed by atoms with Crippen molar-refractivity contribution in [2.45, 2.75) is 26.8 Å². The second kappa shape index (κ2) is 10.5. The van der Waals surface area contributed by atoms with Gasteiger partial charge in [0.05, 0.1) is 17.9 Å². The van der Waals surface area contributed by atoms with E-state index in [1.54, 1.807) is 12.1 Å². The zero-order chi connectivity index (χ0) is 25.9. The number of hydrogen-bond donors (Lipinski definition) is 0. The highest BCUT2D eigenvalue weighted by Crippen LogP contribution is 2.32. The monoisotopic (exact) mass is 501 g/mol. The van der Waals surface area contributed by atoms with Crippen molar-refractivity contribution < 1.29 is 17.9 Å². The van der Waals surface area contributed by atoms with Gasteiger partial charge in [-0.1, -0.05) is 50.6 Å². The van der Waals surface area contributed by atoms with Gasteiger partial charge in [0.15, 0.2) is 17.5 Å². The van der Waals surface area contributed by atoms with E-state index in [9.17, 15) is 13.2 Å². The highest BCUT2D eigenvalue weighted by molar-refractivity contribution is 5.71. The highest BCUT2D eigenvalue weighted by Gasteiger charge is 2.17.